The summed E-state index contributed by atoms with van der Waals surface area (Å²) >= 11 is 16.0. The molecule has 1 aliphatic rings. The first-order chi connectivity index (χ1) is 16.5. The van der Waals surface area contributed by atoms with Crippen LogP contribution in [0.2, 0.25) is 10.0 Å². The van der Waals surface area contributed by atoms with E-state index in [4.69, 9.17) is 28.2 Å². The molecule has 5 rings (SSSR count). The molecule has 34 heavy (non-hydrogen) atoms. The number of fused-ring (bicyclic) bond motifs is 1. The van der Waals surface area contributed by atoms with Gasteiger partial charge in [0, 0.05) is 16.7 Å². The molecule has 4 aromatic rings. The van der Waals surface area contributed by atoms with E-state index >= 15 is 0 Å². The number of imidazole rings is 1. The SMILES string of the molecule is O=C(Nc1cccc(Cl)c1Cl)[C@H]1CCCN(Cc2nc3ccccc3n2-c2cccc(Br)c2)C1. The number of halogens is 3. The lowest BCUT2D eigenvalue weighted by molar-refractivity contribution is -0.121. The first-order valence-corrected chi connectivity index (χ1v) is 12.7. The zero-order valence-electron chi connectivity index (χ0n) is 18.3. The molecule has 8 heteroatoms. The molecule has 1 N–H and O–H groups in total. The molecule has 1 amide bonds. The molecule has 1 aliphatic heterocycles. The van der Waals surface area contributed by atoms with Gasteiger partial charge < -0.3 is 5.32 Å². The Bertz CT molecular complexity index is 1360. The predicted octanol–water partition coefficient (Wildman–Crippen LogP) is 6.95. The highest BCUT2D eigenvalue weighted by Gasteiger charge is 2.27. The van der Waals surface area contributed by atoms with E-state index in [0.717, 1.165) is 46.4 Å². The van der Waals surface area contributed by atoms with Crippen molar-refractivity contribution in [2.45, 2.75) is 19.4 Å². The van der Waals surface area contributed by atoms with E-state index < -0.39 is 0 Å². The second-order valence-electron chi connectivity index (χ2n) is 8.50. The zero-order valence-corrected chi connectivity index (χ0v) is 21.4. The van der Waals surface area contributed by atoms with Crippen molar-refractivity contribution in [1.82, 2.24) is 14.5 Å². The standard InChI is InChI=1S/C26H23BrCl2N4O/c27-18-7-3-8-19(14-18)33-23-12-2-1-10-21(23)30-24(33)16-32-13-5-6-17(15-32)26(34)31-22-11-4-9-20(28)25(22)29/h1-4,7-12,14,17H,5-6,13,15-16H2,(H,31,34)/t17-/m0/s1. The number of piperidine rings is 1. The lowest BCUT2D eigenvalue weighted by atomic mass is 9.97. The third-order valence-corrected chi connectivity index (χ3v) is 7.46. The van der Waals surface area contributed by atoms with Crippen LogP contribution in [0.25, 0.3) is 16.7 Å². The average Bonchev–Trinajstić information content (AvgIpc) is 3.20. The summed E-state index contributed by atoms with van der Waals surface area (Å²) in [6.45, 7) is 2.23. The first kappa shape index (κ1) is 23.4. The summed E-state index contributed by atoms with van der Waals surface area (Å²) in [7, 11) is 0. The van der Waals surface area contributed by atoms with Crippen LogP contribution in [-0.2, 0) is 11.3 Å². The van der Waals surface area contributed by atoms with E-state index in [-0.39, 0.29) is 11.8 Å². The number of likely N-dealkylation sites (tertiary alicyclic amines) is 1. The third-order valence-electron chi connectivity index (χ3n) is 6.15. The van der Waals surface area contributed by atoms with Crippen LogP contribution in [0.4, 0.5) is 5.69 Å². The van der Waals surface area contributed by atoms with Crippen molar-refractivity contribution < 1.29 is 4.79 Å². The van der Waals surface area contributed by atoms with Gasteiger partial charge in [-0.1, -0.05) is 63.4 Å². The Balaban J connectivity index is 1.37. The Labute approximate surface area is 216 Å². The normalized spacial score (nSPS) is 16.6. The van der Waals surface area contributed by atoms with Crippen LogP contribution < -0.4 is 5.32 Å². The van der Waals surface area contributed by atoms with Gasteiger partial charge in [0.1, 0.15) is 5.82 Å². The maximum Gasteiger partial charge on any atom is 0.228 e. The Kier molecular flexibility index (Phi) is 6.93. The number of amides is 1. The van der Waals surface area contributed by atoms with Crippen molar-refractivity contribution >= 4 is 61.8 Å². The summed E-state index contributed by atoms with van der Waals surface area (Å²) in [5.74, 6) is 0.792. The Morgan fingerprint density at radius 3 is 2.76 bits per heavy atom. The van der Waals surface area contributed by atoms with E-state index in [9.17, 15) is 4.79 Å². The lowest BCUT2D eigenvalue weighted by Crippen LogP contribution is -2.40. The summed E-state index contributed by atoms with van der Waals surface area (Å²) in [6, 6.07) is 21.7. The van der Waals surface area contributed by atoms with E-state index in [2.05, 4.69) is 48.9 Å². The minimum Gasteiger partial charge on any atom is -0.324 e. The Hall–Kier alpha value is -2.38. The third kappa shape index (κ3) is 4.86. The van der Waals surface area contributed by atoms with Crippen molar-refractivity contribution in [3.05, 3.63) is 87.1 Å². The Morgan fingerprint density at radius 2 is 1.91 bits per heavy atom. The molecule has 0 bridgehead atoms. The maximum absolute atomic E-state index is 13.0. The zero-order chi connectivity index (χ0) is 23.7. The van der Waals surface area contributed by atoms with E-state index in [1.54, 1.807) is 18.2 Å². The van der Waals surface area contributed by atoms with E-state index in [1.165, 1.54) is 0 Å². The fourth-order valence-corrected chi connectivity index (χ4v) is 5.27. The predicted molar refractivity (Wildman–Crippen MR) is 142 cm³/mol. The number of benzene rings is 3. The number of nitrogens with zero attached hydrogens (tertiary/aromatic N) is 3. The minimum absolute atomic E-state index is 0.0330. The van der Waals surface area contributed by atoms with Gasteiger partial charge in [0.2, 0.25) is 5.91 Å². The van der Waals surface area contributed by atoms with Gasteiger partial charge in [0.25, 0.3) is 0 Å². The summed E-state index contributed by atoms with van der Waals surface area (Å²) in [4.78, 5) is 20.3. The molecular weight excluding hydrogens is 535 g/mol. The van der Waals surface area contributed by atoms with Gasteiger partial charge in [-0.05, 0) is 61.9 Å². The summed E-state index contributed by atoms with van der Waals surface area (Å²) in [6.07, 6.45) is 1.78. The monoisotopic (exact) mass is 556 g/mol. The van der Waals surface area contributed by atoms with Crippen molar-refractivity contribution in [2.24, 2.45) is 5.92 Å². The smallest absolute Gasteiger partial charge is 0.228 e. The van der Waals surface area contributed by atoms with Crippen molar-refractivity contribution in [3.63, 3.8) is 0 Å². The Morgan fingerprint density at radius 1 is 1.09 bits per heavy atom. The van der Waals surface area contributed by atoms with Gasteiger partial charge in [-0.2, -0.15) is 0 Å². The van der Waals surface area contributed by atoms with Crippen LogP contribution in [-0.4, -0.2) is 33.4 Å². The van der Waals surface area contributed by atoms with E-state index in [1.807, 2.05) is 30.3 Å². The highest BCUT2D eigenvalue weighted by Crippen LogP contribution is 2.31. The fraction of sp³-hybridized carbons (Fsp3) is 0.231. The van der Waals surface area contributed by atoms with Crippen LogP contribution in [0, 0.1) is 5.92 Å². The summed E-state index contributed by atoms with van der Waals surface area (Å²) in [5.41, 5.74) is 3.63. The molecule has 0 radical (unpaired) electrons. The van der Waals surface area contributed by atoms with Crippen LogP contribution in [0.5, 0.6) is 0 Å². The maximum atomic E-state index is 13.0. The first-order valence-electron chi connectivity index (χ1n) is 11.2. The van der Waals surface area contributed by atoms with Crippen LogP contribution >= 0.6 is 39.1 Å². The number of aromatic nitrogens is 2. The number of carbonyl (C=O) groups excluding carboxylic acids is 1. The number of carbonyl (C=O) groups is 1. The molecule has 0 unspecified atom stereocenters. The highest BCUT2D eigenvalue weighted by molar-refractivity contribution is 9.10. The number of rotatable bonds is 5. The number of nitrogens with one attached hydrogen (secondary N) is 1. The number of hydrogen-bond acceptors (Lipinski definition) is 3. The lowest BCUT2D eigenvalue weighted by Gasteiger charge is -2.32. The highest BCUT2D eigenvalue weighted by atomic mass is 79.9. The van der Waals surface area contributed by atoms with Gasteiger partial charge in [-0.25, -0.2) is 4.98 Å². The van der Waals surface area contributed by atoms with Crippen molar-refractivity contribution in [3.8, 4) is 5.69 Å². The molecule has 0 saturated carbocycles. The molecule has 1 aromatic heterocycles. The molecule has 3 aromatic carbocycles. The van der Waals surface area contributed by atoms with Crippen molar-refractivity contribution in [2.75, 3.05) is 18.4 Å². The molecule has 0 spiro atoms. The minimum atomic E-state index is -0.132. The second kappa shape index (κ2) is 10.1. The van der Waals surface area contributed by atoms with Gasteiger partial charge in [-0.15, -0.1) is 0 Å². The molecule has 2 heterocycles. The van der Waals surface area contributed by atoms with Crippen molar-refractivity contribution in [1.29, 1.82) is 0 Å². The molecule has 1 atom stereocenters. The van der Waals surface area contributed by atoms with Gasteiger partial charge in [-0.3, -0.25) is 14.3 Å². The molecule has 0 aliphatic carbocycles. The average molecular weight is 558 g/mol. The quantitative estimate of drug-likeness (QED) is 0.289. The van der Waals surface area contributed by atoms with E-state index in [0.29, 0.717) is 28.8 Å². The molecule has 1 fully saturated rings. The summed E-state index contributed by atoms with van der Waals surface area (Å²) in [5, 5.41) is 3.76. The van der Waals surface area contributed by atoms with Gasteiger partial charge in [0.05, 0.1) is 39.2 Å². The van der Waals surface area contributed by atoms with Crippen LogP contribution in [0.3, 0.4) is 0 Å². The van der Waals surface area contributed by atoms with Crippen LogP contribution in [0.1, 0.15) is 18.7 Å². The topological polar surface area (TPSA) is 50.2 Å². The molecule has 174 valence electrons. The molecular formula is C26H23BrCl2N4O. The fourth-order valence-electron chi connectivity index (χ4n) is 4.53. The second-order valence-corrected chi connectivity index (χ2v) is 10.2. The summed E-state index contributed by atoms with van der Waals surface area (Å²) < 4.78 is 3.22. The van der Waals surface area contributed by atoms with Gasteiger partial charge in [0.15, 0.2) is 0 Å². The van der Waals surface area contributed by atoms with Gasteiger partial charge >= 0.3 is 0 Å². The number of para-hydroxylation sites is 2. The number of anilines is 1. The molecule has 5 nitrogen and oxygen atoms in total. The van der Waals surface area contributed by atoms with Crippen LogP contribution in [0.15, 0.2) is 71.2 Å². The largest absolute Gasteiger partial charge is 0.324 e. The molecule has 1 saturated heterocycles. The number of hydrogen-bond donors (Lipinski definition) is 1.